The number of sulfonamides is 1. The lowest BCUT2D eigenvalue weighted by Gasteiger charge is -2.24. The van der Waals surface area contributed by atoms with Crippen LogP contribution in [0.3, 0.4) is 0 Å². The molecule has 2 heterocycles. The number of amides is 1. The number of alkyl halides is 1. The fourth-order valence-electron chi connectivity index (χ4n) is 3.20. The van der Waals surface area contributed by atoms with Crippen LogP contribution in [0.15, 0.2) is 45.9 Å². The van der Waals surface area contributed by atoms with E-state index in [9.17, 15) is 17.6 Å². The first-order chi connectivity index (χ1) is 12.3. The van der Waals surface area contributed by atoms with Crippen molar-refractivity contribution in [2.75, 3.05) is 13.1 Å². The highest BCUT2D eigenvalue weighted by atomic mass is 32.2. The highest BCUT2D eigenvalue weighted by Gasteiger charge is 2.37. The third-order valence-electron chi connectivity index (χ3n) is 4.61. The van der Waals surface area contributed by atoms with Crippen molar-refractivity contribution in [3.05, 3.63) is 53.5 Å². The number of rotatable bonds is 5. The summed E-state index contributed by atoms with van der Waals surface area (Å²) in [5.41, 5.74) is 0.989. The molecule has 1 saturated heterocycles. The van der Waals surface area contributed by atoms with Crippen LogP contribution in [0.5, 0.6) is 0 Å². The number of hydrogen-bond acceptors (Lipinski definition) is 4. The van der Waals surface area contributed by atoms with Crippen molar-refractivity contribution in [1.29, 1.82) is 0 Å². The van der Waals surface area contributed by atoms with E-state index in [1.54, 1.807) is 32.0 Å². The Balaban J connectivity index is 1.75. The monoisotopic (exact) mass is 380 g/mol. The van der Waals surface area contributed by atoms with Gasteiger partial charge in [0.05, 0.1) is 23.3 Å². The number of aryl methyl sites for hydroxylation is 2. The summed E-state index contributed by atoms with van der Waals surface area (Å²) in [6.07, 6.45) is 0.319. The summed E-state index contributed by atoms with van der Waals surface area (Å²) in [6, 6.07) is 7.61. The number of nitrogens with one attached hydrogen (secondary N) is 1. The molecule has 0 spiro atoms. The summed E-state index contributed by atoms with van der Waals surface area (Å²) in [5.74, 6) is 0.105. The molecule has 0 bridgehead atoms. The van der Waals surface area contributed by atoms with Gasteiger partial charge in [0.25, 0.3) is 5.91 Å². The van der Waals surface area contributed by atoms with Crippen LogP contribution in [0.4, 0.5) is 4.39 Å². The first-order valence-corrected chi connectivity index (χ1v) is 9.82. The second-order valence-electron chi connectivity index (χ2n) is 6.45. The van der Waals surface area contributed by atoms with E-state index in [4.69, 9.17) is 4.42 Å². The van der Waals surface area contributed by atoms with E-state index < -0.39 is 22.2 Å². The van der Waals surface area contributed by atoms with Crippen LogP contribution in [0.25, 0.3) is 0 Å². The molecule has 2 atom stereocenters. The second kappa shape index (κ2) is 7.20. The molecule has 8 heteroatoms. The fourth-order valence-corrected chi connectivity index (χ4v) is 4.52. The lowest BCUT2D eigenvalue weighted by Crippen LogP contribution is -2.43. The highest BCUT2D eigenvalue weighted by Crippen LogP contribution is 2.24. The third kappa shape index (κ3) is 3.66. The number of furan rings is 1. The number of likely N-dealkylation sites (tertiary alicyclic amines) is 1. The van der Waals surface area contributed by atoms with E-state index in [2.05, 4.69) is 4.72 Å². The van der Waals surface area contributed by atoms with Crippen molar-refractivity contribution in [3.8, 4) is 0 Å². The predicted molar refractivity (Wildman–Crippen MR) is 94.2 cm³/mol. The van der Waals surface area contributed by atoms with Crippen molar-refractivity contribution in [2.24, 2.45) is 0 Å². The Labute approximate surface area is 152 Å². The van der Waals surface area contributed by atoms with Crippen LogP contribution in [0.1, 0.15) is 28.1 Å². The molecule has 0 saturated carbocycles. The van der Waals surface area contributed by atoms with E-state index in [-0.39, 0.29) is 30.3 Å². The molecule has 140 valence electrons. The summed E-state index contributed by atoms with van der Waals surface area (Å²) < 4.78 is 46.6. The van der Waals surface area contributed by atoms with Gasteiger partial charge in [-0.15, -0.1) is 0 Å². The van der Waals surface area contributed by atoms with Gasteiger partial charge in [0.1, 0.15) is 11.9 Å². The number of carbonyl (C=O) groups is 1. The lowest BCUT2D eigenvalue weighted by atomic mass is 10.2. The zero-order chi connectivity index (χ0) is 18.9. The van der Waals surface area contributed by atoms with Crippen molar-refractivity contribution in [3.63, 3.8) is 0 Å². The van der Waals surface area contributed by atoms with Crippen molar-refractivity contribution in [2.45, 2.75) is 37.4 Å². The standard InChI is InChI=1S/C18H21FN2O4S/c1-12-5-3-4-6-17(12)26(23,24)20-10-15-9-14(19)11-21(15)18(22)16-7-8-25-13(16)2/h3-8,14-15,20H,9-11H2,1-2H3. The van der Waals surface area contributed by atoms with E-state index in [1.165, 1.54) is 23.3 Å². The average molecular weight is 380 g/mol. The molecule has 0 radical (unpaired) electrons. The van der Waals surface area contributed by atoms with Gasteiger partial charge < -0.3 is 9.32 Å². The zero-order valence-corrected chi connectivity index (χ0v) is 15.4. The molecular weight excluding hydrogens is 359 g/mol. The minimum atomic E-state index is -3.74. The maximum Gasteiger partial charge on any atom is 0.257 e. The van der Waals surface area contributed by atoms with Gasteiger partial charge in [0.15, 0.2) is 0 Å². The van der Waals surface area contributed by atoms with Gasteiger partial charge in [-0.1, -0.05) is 18.2 Å². The molecule has 1 fully saturated rings. The van der Waals surface area contributed by atoms with Crippen LogP contribution in [0.2, 0.25) is 0 Å². The van der Waals surface area contributed by atoms with Gasteiger partial charge in [-0.2, -0.15) is 0 Å². The fraction of sp³-hybridized carbons (Fsp3) is 0.389. The van der Waals surface area contributed by atoms with Gasteiger partial charge in [-0.25, -0.2) is 17.5 Å². The van der Waals surface area contributed by atoms with Gasteiger partial charge in [0.2, 0.25) is 10.0 Å². The minimum absolute atomic E-state index is 0.0419. The van der Waals surface area contributed by atoms with Crippen molar-refractivity contribution in [1.82, 2.24) is 9.62 Å². The first-order valence-electron chi connectivity index (χ1n) is 8.34. The van der Waals surface area contributed by atoms with Crippen LogP contribution < -0.4 is 4.72 Å². The van der Waals surface area contributed by atoms with E-state index in [0.29, 0.717) is 16.9 Å². The zero-order valence-electron chi connectivity index (χ0n) is 14.6. The molecule has 26 heavy (non-hydrogen) atoms. The second-order valence-corrected chi connectivity index (χ2v) is 8.19. The molecule has 0 aliphatic carbocycles. The maximum atomic E-state index is 13.9. The first kappa shape index (κ1) is 18.6. The van der Waals surface area contributed by atoms with E-state index >= 15 is 0 Å². The Morgan fingerprint density at radius 1 is 1.31 bits per heavy atom. The third-order valence-corrected chi connectivity index (χ3v) is 6.19. The number of carbonyl (C=O) groups excluding carboxylic acids is 1. The summed E-state index contributed by atoms with van der Waals surface area (Å²) in [4.78, 5) is 14.2. The summed E-state index contributed by atoms with van der Waals surface area (Å²) in [7, 11) is -3.74. The van der Waals surface area contributed by atoms with Crippen molar-refractivity contribution >= 4 is 15.9 Å². The molecular formula is C18H21FN2O4S. The minimum Gasteiger partial charge on any atom is -0.469 e. The maximum absolute atomic E-state index is 13.9. The van der Waals surface area contributed by atoms with Gasteiger partial charge in [0, 0.05) is 19.0 Å². The smallest absolute Gasteiger partial charge is 0.257 e. The molecule has 1 N–H and O–H groups in total. The van der Waals surface area contributed by atoms with Crippen LogP contribution in [-0.4, -0.2) is 44.5 Å². The molecule has 3 rings (SSSR count). The molecule has 2 unspecified atom stereocenters. The topological polar surface area (TPSA) is 79.6 Å². The average Bonchev–Trinajstić information content (AvgIpc) is 3.18. The van der Waals surface area contributed by atoms with Crippen LogP contribution in [0, 0.1) is 13.8 Å². The molecule has 6 nitrogen and oxygen atoms in total. The van der Waals surface area contributed by atoms with Gasteiger partial charge in [-0.3, -0.25) is 4.79 Å². The number of benzene rings is 1. The normalized spacial score (nSPS) is 20.5. The molecule has 2 aromatic rings. The van der Waals surface area contributed by atoms with Crippen LogP contribution >= 0.6 is 0 Å². The molecule has 1 aliphatic rings. The Morgan fingerprint density at radius 2 is 2.04 bits per heavy atom. The Hall–Kier alpha value is -2.19. The number of halogens is 1. The molecule has 1 amide bonds. The molecule has 1 aliphatic heterocycles. The summed E-state index contributed by atoms with van der Waals surface area (Å²) >= 11 is 0. The van der Waals surface area contributed by atoms with E-state index in [0.717, 1.165) is 0 Å². The van der Waals surface area contributed by atoms with Crippen LogP contribution in [-0.2, 0) is 10.0 Å². The predicted octanol–water partition coefficient (Wildman–Crippen LogP) is 2.43. The Morgan fingerprint density at radius 3 is 2.69 bits per heavy atom. The number of nitrogens with zero attached hydrogens (tertiary/aromatic N) is 1. The highest BCUT2D eigenvalue weighted by molar-refractivity contribution is 7.89. The Bertz CT molecular complexity index is 909. The van der Waals surface area contributed by atoms with Gasteiger partial charge >= 0.3 is 0 Å². The summed E-state index contributed by atoms with van der Waals surface area (Å²) in [6.45, 7) is 3.27. The molecule has 1 aromatic carbocycles. The SMILES string of the molecule is Cc1ccccc1S(=O)(=O)NCC1CC(F)CN1C(=O)c1ccoc1C. The number of hydrogen-bond donors (Lipinski definition) is 1. The Kier molecular flexibility index (Phi) is 5.15. The van der Waals surface area contributed by atoms with Crippen molar-refractivity contribution < 1.29 is 22.0 Å². The van der Waals surface area contributed by atoms with Gasteiger partial charge in [-0.05, 0) is 31.5 Å². The quantitative estimate of drug-likeness (QED) is 0.864. The van der Waals surface area contributed by atoms with E-state index in [1.807, 2.05) is 0 Å². The molecule has 1 aromatic heterocycles. The largest absolute Gasteiger partial charge is 0.469 e. The lowest BCUT2D eigenvalue weighted by molar-refractivity contribution is 0.0729. The summed E-state index contributed by atoms with van der Waals surface area (Å²) in [5, 5.41) is 0.